The topological polar surface area (TPSA) is 0 Å². The monoisotopic (exact) mass is 326 g/mol. The van der Waals surface area contributed by atoms with Gasteiger partial charge in [0.15, 0.2) is 0 Å². The van der Waals surface area contributed by atoms with Crippen LogP contribution in [0.4, 0.5) is 0 Å². The molecular weight excluding hydrogens is 296 g/mol. The molecular formula is C22H30S. The minimum atomic E-state index is 0.321. The standard InChI is InChI=1S/C22H30S/c1-5-21(22(2,3)4)19-11-7-10-18(16-19)9-6-8-17-12-14-20(23)15-13-17/h7,10-16,21,23H,5-6,8-9H2,1-4H3. The number of rotatable bonds is 6. The summed E-state index contributed by atoms with van der Waals surface area (Å²) in [6.07, 6.45) is 4.68. The first-order chi connectivity index (χ1) is 10.9. The van der Waals surface area contributed by atoms with Crippen LogP contribution in [0.2, 0.25) is 0 Å². The maximum Gasteiger partial charge on any atom is 0.00401 e. The van der Waals surface area contributed by atoms with Crippen molar-refractivity contribution in [2.75, 3.05) is 0 Å². The van der Waals surface area contributed by atoms with E-state index < -0.39 is 0 Å². The Bertz CT molecular complexity index is 605. The molecule has 1 heteroatoms. The first-order valence-electron chi connectivity index (χ1n) is 8.77. The van der Waals surface area contributed by atoms with Crippen LogP contribution in [-0.2, 0) is 12.8 Å². The summed E-state index contributed by atoms with van der Waals surface area (Å²) in [6.45, 7) is 9.34. The molecule has 0 heterocycles. The number of hydrogen-bond donors (Lipinski definition) is 1. The van der Waals surface area contributed by atoms with Gasteiger partial charge in [-0.05, 0) is 65.8 Å². The number of benzene rings is 2. The van der Waals surface area contributed by atoms with E-state index in [4.69, 9.17) is 0 Å². The minimum absolute atomic E-state index is 0.321. The predicted octanol–water partition coefficient (Wildman–Crippen LogP) is 6.69. The molecule has 0 spiro atoms. The van der Waals surface area contributed by atoms with Crippen LogP contribution in [0.15, 0.2) is 53.4 Å². The first kappa shape index (κ1) is 18.1. The summed E-state index contributed by atoms with van der Waals surface area (Å²) in [7, 11) is 0. The lowest BCUT2D eigenvalue weighted by Crippen LogP contribution is -2.17. The zero-order valence-corrected chi connectivity index (χ0v) is 15.9. The summed E-state index contributed by atoms with van der Waals surface area (Å²) in [4.78, 5) is 1.04. The summed E-state index contributed by atoms with van der Waals surface area (Å²) in [5.41, 5.74) is 4.69. The van der Waals surface area contributed by atoms with Gasteiger partial charge < -0.3 is 0 Å². The van der Waals surface area contributed by atoms with Crippen molar-refractivity contribution in [3.05, 3.63) is 65.2 Å². The number of aryl methyl sites for hydroxylation is 2. The van der Waals surface area contributed by atoms with E-state index in [0.29, 0.717) is 11.3 Å². The van der Waals surface area contributed by atoms with E-state index in [2.05, 4.69) is 88.9 Å². The molecule has 0 amide bonds. The fourth-order valence-electron chi connectivity index (χ4n) is 3.47. The Morgan fingerprint density at radius 3 is 2.17 bits per heavy atom. The molecule has 0 nitrogen and oxygen atoms in total. The highest BCUT2D eigenvalue weighted by Crippen LogP contribution is 2.37. The third-order valence-electron chi connectivity index (χ3n) is 4.67. The van der Waals surface area contributed by atoms with Gasteiger partial charge in [0.2, 0.25) is 0 Å². The maximum absolute atomic E-state index is 4.34. The lowest BCUT2D eigenvalue weighted by molar-refractivity contribution is 0.312. The van der Waals surface area contributed by atoms with E-state index in [1.54, 1.807) is 0 Å². The molecule has 0 aromatic heterocycles. The van der Waals surface area contributed by atoms with E-state index in [1.807, 2.05) is 0 Å². The average molecular weight is 327 g/mol. The SMILES string of the molecule is CCC(c1cccc(CCCc2ccc(S)cc2)c1)C(C)(C)C. The number of thiol groups is 1. The van der Waals surface area contributed by atoms with Gasteiger partial charge in [0.1, 0.15) is 0 Å². The normalized spacial score (nSPS) is 13.1. The van der Waals surface area contributed by atoms with Gasteiger partial charge in [-0.1, -0.05) is 64.1 Å². The van der Waals surface area contributed by atoms with Crippen LogP contribution in [0.3, 0.4) is 0 Å². The highest BCUT2D eigenvalue weighted by molar-refractivity contribution is 7.80. The van der Waals surface area contributed by atoms with E-state index in [-0.39, 0.29) is 0 Å². The molecule has 0 radical (unpaired) electrons. The van der Waals surface area contributed by atoms with Crippen molar-refractivity contribution in [3.63, 3.8) is 0 Å². The summed E-state index contributed by atoms with van der Waals surface area (Å²) >= 11 is 4.34. The Morgan fingerprint density at radius 1 is 0.913 bits per heavy atom. The fourth-order valence-corrected chi connectivity index (χ4v) is 3.62. The third kappa shape index (κ3) is 5.42. The first-order valence-corrected chi connectivity index (χ1v) is 9.21. The van der Waals surface area contributed by atoms with Gasteiger partial charge >= 0.3 is 0 Å². The van der Waals surface area contributed by atoms with Gasteiger partial charge in [-0.2, -0.15) is 0 Å². The molecule has 23 heavy (non-hydrogen) atoms. The van der Waals surface area contributed by atoms with Gasteiger partial charge in [0.25, 0.3) is 0 Å². The zero-order chi connectivity index (χ0) is 16.9. The summed E-state index contributed by atoms with van der Waals surface area (Å²) < 4.78 is 0. The van der Waals surface area contributed by atoms with Gasteiger partial charge in [-0.25, -0.2) is 0 Å². The van der Waals surface area contributed by atoms with Crippen LogP contribution in [-0.4, -0.2) is 0 Å². The second-order valence-corrected chi connectivity index (χ2v) is 8.11. The predicted molar refractivity (Wildman–Crippen MR) is 105 cm³/mol. The highest BCUT2D eigenvalue weighted by atomic mass is 32.1. The summed E-state index contributed by atoms with van der Waals surface area (Å²) in [5.74, 6) is 0.630. The molecule has 124 valence electrons. The molecule has 0 aliphatic carbocycles. The Balaban J connectivity index is 1.98. The molecule has 0 aliphatic heterocycles. The molecule has 0 saturated heterocycles. The van der Waals surface area contributed by atoms with Crippen molar-refractivity contribution in [3.8, 4) is 0 Å². The lowest BCUT2D eigenvalue weighted by atomic mass is 9.74. The van der Waals surface area contributed by atoms with Crippen LogP contribution in [0.25, 0.3) is 0 Å². The zero-order valence-electron chi connectivity index (χ0n) is 15.0. The molecule has 1 atom stereocenters. The van der Waals surface area contributed by atoms with Crippen molar-refractivity contribution in [1.82, 2.24) is 0 Å². The van der Waals surface area contributed by atoms with Crippen molar-refractivity contribution in [2.24, 2.45) is 5.41 Å². The average Bonchev–Trinajstić information content (AvgIpc) is 2.49. The fraction of sp³-hybridized carbons (Fsp3) is 0.455. The van der Waals surface area contributed by atoms with Crippen LogP contribution < -0.4 is 0 Å². The van der Waals surface area contributed by atoms with Crippen molar-refractivity contribution in [2.45, 2.75) is 64.2 Å². The highest BCUT2D eigenvalue weighted by Gasteiger charge is 2.24. The van der Waals surface area contributed by atoms with Gasteiger partial charge in [0.05, 0.1) is 0 Å². The molecule has 0 saturated carbocycles. The van der Waals surface area contributed by atoms with Crippen LogP contribution in [0.1, 0.15) is 63.1 Å². The molecule has 2 aromatic carbocycles. The van der Waals surface area contributed by atoms with Crippen LogP contribution >= 0.6 is 12.6 Å². The van der Waals surface area contributed by atoms with Crippen molar-refractivity contribution in [1.29, 1.82) is 0 Å². The summed E-state index contributed by atoms with van der Waals surface area (Å²) in [6, 6.07) is 17.8. The van der Waals surface area contributed by atoms with Crippen molar-refractivity contribution < 1.29 is 0 Å². The summed E-state index contributed by atoms with van der Waals surface area (Å²) in [5, 5.41) is 0. The van der Waals surface area contributed by atoms with E-state index in [0.717, 1.165) is 17.7 Å². The third-order valence-corrected chi connectivity index (χ3v) is 4.97. The smallest absolute Gasteiger partial charge is 0.00401 e. The van der Waals surface area contributed by atoms with Gasteiger partial charge in [0, 0.05) is 4.90 Å². The lowest BCUT2D eigenvalue weighted by Gasteiger charge is -2.30. The Morgan fingerprint density at radius 2 is 1.57 bits per heavy atom. The molecule has 0 N–H and O–H groups in total. The second kappa shape index (κ2) is 8.06. The molecule has 0 aliphatic rings. The molecule has 1 unspecified atom stereocenters. The largest absolute Gasteiger partial charge is 0.143 e. The molecule has 0 fully saturated rings. The second-order valence-electron chi connectivity index (χ2n) is 7.59. The van der Waals surface area contributed by atoms with Gasteiger partial charge in [-0.15, -0.1) is 12.6 Å². The van der Waals surface area contributed by atoms with E-state index in [9.17, 15) is 0 Å². The van der Waals surface area contributed by atoms with Crippen LogP contribution in [0, 0.1) is 5.41 Å². The minimum Gasteiger partial charge on any atom is -0.143 e. The van der Waals surface area contributed by atoms with Crippen LogP contribution in [0.5, 0.6) is 0 Å². The molecule has 0 bridgehead atoms. The Kier molecular flexibility index (Phi) is 6.35. The number of hydrogen-bond acceptors (Lipinski definition) is 1. The van der Waals surface area contributed by atoms with E-state index >= 15 is 0 Å². The quantitative estimate of drug-likeness (QED) is 0.562. The Hall–Kier alpha value is -1.21. The van der Waals surface area contributed by atoms with E-state index in [1.165, 1.54) is 29.5 Å². The van der Waals surface area contributed by atoms with Crippen molar-refractivity contribution >= 4 is 12.6 Å². The molecule has 2 aromatic rings. The van der Waals surface area contributed by atoms with Gasteiger partial charge in [-0.3, -0.25) is 0 Å². The Labute approximate surface area is 147 Å². The molecule has 2 rings (SSSR count). The maximum atomic E-state index is 4.34.